The summed E-state index contributed by atoms with van der Waals surface area (Å²) in [6, 6.07) is 0.325. The fourth-order valence-electron chi connectivity index (χ4n) is 2.65. The highest BCUT2D eigenvalue weighted by atomic mass is 32.2. The lowest BCUT2D eigenvalue weighted by Gasteiger charge is -2.38. The van der Waals surface area contributed by atoms with Crippen LogP contribution in [0.4, 0.5) is 0 Å². The molecule has 0 aromatic carbocycles. The third-order valence-electron chi connectivity index (χ3n) is 3.98. The Morgan fingerprint density at radius 1 is 1.39 bits per heavy atom. The van der Waals surface area contributed by atoms with Gasteiger partial charge in [-0.3, -0.25) is 0 Å². The van der Waals surface area contributed by atoms with Gasteiger partial charge in [0.15, 0.2) is 0 Å². The van der Waals surface area contributed by atoms with Gasteiger partial charge in [-0.15, -0.1) is 0 Å². The van der Waals surface area contributed by atoms with Crippen LogP contribution in [0.2, 0.25) is 0 Å². The van der Waals surface area contributed by atoms with Gasteiger partial charge in [-0.2, -0.15) is 0 Å². The summed E-state index contributed by atoms with van der Waals surface area (Å²) in [4.78, 5) is 0. The zero-order chi connectivity index (χ0) is 14.0. The molecule has 1 aliphatic rings. The van der Waals surface area contributed by atoms with E-state index in [1.165, 1.54) is 6.26 Å². The Labute approximate surface area is 111 Å². The maximum absolute atomic E-state index is 11.6. The lowest BCUT2D eigenvalue weighted by Crippen LogP contribution is -2.48. The molecule has 0 saturated heterocycles. The van der Waals surface area contributed by atoms with E-state index in [-0.39, 0.29) is 11.2 Å². The second-order valence-electron chi connectivity index (χ2n) is 6.21. The summed E-state index contributed by atoms with van der Waals surface area (Å²) in [6.45, 7) is 6.41. The Morgan fingerprint density at radius 3 is 2.50 bits per heavy atom. The molecule has 1 saturated carbocycles. The number of rotatable bonds is 5. The predicted octanol–water partition coefficient (Wildman–Crippen LogP) is 1.34. The fraction of sp³-hybridized carbons (Fsp3) is 1.00. The van der Waals surface area contributed by atoms with Crippen molar-refractivity contribution in [3.8, 4) is 0 Å². The highest BCUT2D eigenvalue weighted by Crippen LogP contribution is 2.35. The first-order valence-electron chi connectivity index (χ1n) is 6.77. The molecule has 3 atom stereocenters. The standard InChI is InChI=1S/C13H27NO3S/c1-10(2)14-9-13(3,15)11-6-5-7-12(8-11)18(4,16)17/h10-12,14-15H,5-9H2,1-4H3. The van der Waals surface area contributed by atoms with Crippen molar-refractivity contribution in [2.45, 2.75) is 63.3 Å². The summed E-state index contributed by atoms with van der Waals surface area (Å²) in [7, 11) is -2.98. The zero-order valence-corrected chi connectivity index (χ0v) is 12.8. The summed E-state index contributed by atoms with van der Waals surface area (Å²) >= 11 is 0. The molecule has 1 rings (SSSR count). The monoisotopic (exact) mass is 277 g/mol. The normalized spacial score (nSPS) is 29.2. The third kappa shape index (κ3) is 4.52. The highest BCUT2D eigenvalue weighted by molar-refractivity contribution is 7.91. The molecule has 18 heavy (non-hydrogen) atoms. The van der Waals surface area contributed by atoms with Gasteiger partial charge in [-0.05, 0) is 32.1 Å². The molecule has 0 heterocycles. The van der Waals surface area contributed by atoms with E-state index >= 15 is 0 Å². The molecule has 0 aromatic rings. The van der Waals surface area contributed by atoms with Crippen LogP contribution in [0, 0.1) is 5.92 Å². The van der Waals surface area contributed by atoms with Crippen LogP contribution >= 0.6 is 0 Å². The Balaban J connectivity index is 2.65. The van der Waals surface area contributed by atoms with Crippen molar-refractivity contribution < 1.29 is 13.5 Å². The molecular formula is C13H27NO3S. The average Bonchev–Trinajstić information content (AvgIpc) is 2.26. The number of sulfone groups is 1. The molecule has 1 fully saturated rings. The van der Waals surface area contributed by atoms with Crippen LogP contribution in [0.15, 0.2) is 0 Å². The van der Waals surface area contributed by atoms with E-state index in [9.17, 15) is 13.5 Å². The van der Waals surface area contributed by atoms with Crippen molar-refractivity contribution in [1.29, 1.82) is 0 Å². The van der Waals surface area contributed by atoms with Gasteiger partial charge in [0.25, 0.3) is 0 Å². The van der Waals surface area contributed by atoms with Crippen molar-refractivity contribution >= 4 is 9.84 Å². The maximum Gasteiger partial charge on any atom is 0.150 e. The lowest BCUT2D eigenvalue weighted by molar-refractivity contribution is -0.0158. The SMILES string of the molecule is CC(C)NCC(C)(O)C1CCCC(S(C)(=O)=O)C1. The molecule has 2 N–H and O–H groups in total. The van der Waals surface area contributed by atoms with E-state index in [0.717, 1.165) is 19.3 Å². The van der Waals surface area contributed by atoms with Gasteiger partial charge < -0.3 is 10.4 Å². The molecule has 0 radical (unpaired) electrons. The van der Waals surface area contributed by atoms with Crippen LogP contribution in [0.25, 0.3) is 0 Å². The molecule has 3 unspecified atom stereocenters. The quantitative estimate of drug-likeness (QED) is 0.796. The number of hydrogen-bond acceptors (Lipinski definition) is 4. The minimum atomic E-state index is -2.98. The zero-order valence-electron chi connectivity index (χ0n) is 11.9. The van der Waals surface area contributed by atoms with Crippen LogP contribution in [-0.4, -0.2) is 43.2 Å². The van der Waals surface area contributed by atoms with Crippen LogP contribution < -0.4 is 5.32 Å². The van der Waals surface area contributed by atoms with Crippen LogP contribution in [0.5, 0.6) is 0 Å². The minimum absolute atomic E-state index is 0.0669. The van der Waals surface area contributed by atoms with Gasteiger partial charge in [0.1, 0.15) is 9.84 Å². The van der Waals surface area contributed by atoms with E-state index in [1.807, 2.05) is 20.8 Å². The largest absolute Gasteiger partial charge is 0.389 e. The summed E-state index contributed by atoms with van der Waals surface area (Å²) in [5, 5.41) is 13.5. The van der Waals surface area contributed by atoms with Gasteiger partial charge >= 0.3 is 0 Å². The van der Waals surface area contributed by atoms with E-state index < -0.39 is 15.4 Å². The Bertz CT molecular complexity index is 362. The van der Waals surface area contributed by atoms with Gasteiger partial charge in [-0.25, -0.2) is 8.42 Å². The number of hydrogen-bond donors (Lipinski definition) is 2. The maximum atomic E-state index is 11.6. The number of nitrogens with one attached hydrogen (secondary N) is 1. The van der Waals surface area contributed by atoms with E-state index in [1.54, 1.807) is 0 Å². The predicted molar refractivity (Wildman–Crippen MR) is 74.4 cm³/mol. The molecule has 0 bridgehead atoms. The number of aliphatic hydroxyl groups is 1. The molecule has 108 valence electrons. The molecule has 4 nitrogen and oxygen atoms in total. The van der Waals surface area contributed by atoms with Gasteiger partial charge in [0.2, 0.25) is 0 Å². The Hall–Kier alpha value is -0.130. The van der Waals surface area contributed by atoms with Gasteiger partial charge in [0, 0.05) is 18.8 Å². The van der Waals surface area contributed by atoms with Crippen LogP contribution in [0.3, 0.4) is 0 Å². The third-order valence-corrected chi connectivity index (χ3v) is 5.62. The van der Waals surface area contributed by atoms with Crippen molar-refractivity contribution in [2.75, 3.05) is 12.8 Å². The fourth-order valence-corrected chi connectivity index (χ4v) is 3.83. The molecule has 0 aromatic heterocycles. The molecule has 0 spiro atoms. The molecule has 1 aliphatic carbocycles. The van der Waals surface area contributed by atoms with Crippen molar-refractivity contribution in [2.24, 2.45) is 5.92 Å². The summed E-state index contributed by atoms with van der Waals surface area (Å²) < 4.78 is 23.3. The Morgan fingerprint density at radius 2 is 2.00 bits per heavy atom. The molecule has 5 heteroatoms. The average molecular weight is 277 g/mol. The second kappa shape index (κ2) is 5.88. The van der Waals surface area contributed by atoms with Crippen molar-refractivity contribution in [3.63, 3.8) is 0 Å². The minimum Gasteiger partial charge on any atom is -0.389 e. The second-order valence-corrected chi connectivity index (χ2v) is 8.53. The smallest absolute Gasteiger partial charge is 0.150 e. The topological polar surface area (TPSA) is 66.4 Å². The van der Waals surface area contributed by atoms with Crippen molar-refractivity contribution in [3.05, 3.63) is 0 Å². The highest BCUT2D eigenvalue weighted by Gasteiger charge is 2.38. The summed E-state index contributed by atoms with van der Waals surface area (Å²) in [5.41, 5.74) is -0.826. The van der Waals surface area contributed by atoms with Gasteiger partial charge in [0.05, 0.1) is 10.9 Å². The molecule has 0 aliphatic heterocycles. The summed E-state index contributed by atoms with van der Waals surface area (Å²) in [6.07, 6.45) is 4.44. The van der Waals surface area contributed by atoms with E-state index in [2.05, 4.69) is 5.32 Å². The van der Waals surface area contributed by atoms with Crippen LogP contribution in [-0.2, 0) is 9.84 Å². The van der Waals surface area contributed by atoms with E-state index in [0.29, 0.717) is 19.0 Å². The van der Waals surface area contributed by atoms with Gasteiger partial charge in [-0.1, -0.05) is 20.3 Å². The Kier molecular flexibility index (Phi) is 5.21. The first-order valence-corrected chi connectivity index (χ1v) is 8.73. The molecular weight excluding hydrogens is 250 g/mol. The first kappa shape index (κ1) is 15.9. The van der Waals surface area contributed by atoms with Crippen LogP contribution in [0.1, 0.15) is 46.5 Å². The van der Waals surface area contributed by atoms with Crippen molar-refractivity contribution in [1.82, 2.24) is 5.32 Å². The summed E-state index contributed by atoms with van der Waals surface area (Å²) in [5.74, 6) is 0.0669. The molecule has 0 amide bonds. The first-order chi connectivity index (χ1) is 8.13. The lowest BCUT2D eigenvalue weighted by atomic mass is 9.77. The van der Waals surface area contributed by atoms with E-state index in [4.69, 9.17) is 0 Å².